The van der Waals surface area contributed by atoms with Crippen molar-refractivity contribution in [3.63, 3.8) is 0 Å². The number of ether oxygens (including phenoxy) is 3. The molecule has 0 saturated carbocycles. The molecule has 2 amide bonds. The number of hydrogen-bond donors (Lipinski definition) is 0. The molecule has 0 spiro atoms. The van der Waals surface area contributed by atoms with E-state index in [0.717, 1.165) is 25.8 Å². The predicted octanol–water partition coefficient (Wildman–Crippen LogP) is 5.50. The van der Waals surface area contributed by atoms with Crippen LogP contribution in [0.4, 0.5) is 4.79 Å². The number of carbonyl (C=O) groups is 3. The summed E-state index contributed by atoms with van der Waals surface area (Å²) in [5.74, 6) is 0.206. The SMILES string of the molecule is CCOc1cc(/C=C2/SC(=O)N(CC(=O)OCC(C)C)C2=O)cc(I)c1OCc1ccccc1. The van der Waals surface area contributed by atoms with Gasteiger partial charge in [-0.15, -0.1) is 0 Å². The number of benzene rings is 2. The van der Waals surface area contributed by atoms with Crippen LogP contribution in [0.5, 0.6) is 11.5 Å². The Bertz CT molecular complexity index is 1090. The molecule has 1 fully saturated rings. The summed E-state index contributed by atoms with van der Waals surface area (Å²) in [4.78, 5) is 38.2. The summed E-state index contributed by atoms with van der Waals surface area (Å²) in [5, 5.41) is -0.500. The van der Waals surface area contributed by atoms with Gasteiger partial charge in [0.2, 0.25) is 0 Å². The first-order chi connectivity index (χ1) is 16.3. The highest BCUT2D eigenvalue weighted by molar-refractivity contribution is 14.1. The first-order valence-electron chi connectivity index (χ1n) is 10.8. The number of imide groups is 1. The zero-order valence-corrected chi connectivity index (χ0v) is 22.2. The Morgan fingerprint density at radius 3 is 2.56 bits per heavy atom. The lowest BCUT2D eigenvalue weighted by Crippen LogP contribution is -2.34. The topological polar surface area (TPSA) is 82.1 Å². The smallest absolute Gasteiger partial charge is 0.326 e. The minimum Gasteiger partial charge on any atom is -0.490 e. The Kier molecular flexibility index (Phi) is 9.40. The summed E-state index contributed by atoms with van der Waals surface area (Å²) in [6.45, 7) is 6.37. The lowest BCUT2D eigenvalue weighted by Gasteiger charge is -2.15. The summed E-state index contributed by atoms with van der Waals surface area (Å²) < 4.78 is 17.7. The molecule has 2 aromatic rings. The van der Waals surface area contributed by atoms with Crippen molar-refractivity contribution < 1.29 is 28.6 Å². The third-order valence-electron chi connectivity index (χ3n) is 4.59. The van der Waals surface area contributed by atoms with Gasteiger partial charge in [0.1, 0.15) is 13.2 Å². The van der Waals surface area contributed by atoms with E-state index in [1.165, 1.54) is 0 Å². The van der Waals surface area contributed by atoms with Crippen LogP contribution in [0.25, 0.3) is 6.08 Å². The highest BCUT2D eigenvalue weighted by atomic mass is 127. The first kappa shape index (κ1) is 26.1. The average molecular weight is 595 g/mol. The molecule has 2 aromatic carbocycles. The largest absolute Gasteiger partial charge is 0.490 e. The van der Waals surface area contributed by atoms with Crippen LogP contribution in [0, 0.1) is 9.49 Å². The molecular formula is C25H26INO6S. The van der Waals surface area contributed by atoms with E-state index in [1.807, 2.05) is 57.2 Å². The van der Waals surface area contributed by atoms with Crippen LogP contribution in [0.3, 0.4) is 0 Å². The fourth-order valence-electron chi connectivity index (χ4n) is 3.03. The Labute approximate surface area is 217 Å². The fourth-order valence-corrected chi connectivity index (χ4v) is 4.65. The number of esters is 1. The lowest BCUT2D eigenvalue weighted by atomic mass is 10.1. The molecule has 7 nitrogen and oxygen atoms in total. The standard InChI is InChI=1S/C25H26INO6S/c1-4-31-20-11-18(10-19(26)23(20)33-15-17-8-6-5-7-9-17)12-21-24(29)27(25(30)34-21)13-22(28)32-14-16(2)3/h5-12,16H,4,13-15H2,1-3H3/b21-12+. The van der Waals surface area contributed by atoms with Crippen LogP contribution in [0.2, 0.25) is 0 Å². The quantitative estimate of drug-likeness (QED) is 0.204. The van der Waals surface area contributed by atoms with E-state index in [4.69, 9.17) is 14.2 Å². The molecule has 180 valence electrons. The van der Waals surface area contributed by atoms with Crippen molar-refractivity contribution in [2.75, 3.05) is 19.8 Å². The predicted molar refractivity (Wildman–Crippen MR) is 140 cm³/mol. The molecule has 0 aliphatic carbocycles. The minimum atomic E-state index is -0.606. The van der Waals surface area contributed by atoms with E-state index in [0.29, 0.717) is 30.3 Å². The van der Waals surface area contributed by atoms with E-state index in [1.54, 1.807) is 12.1 Å². The monoisotopic (exact) mass is 595 g/mol. The van der Waals surface area contributed by atoms with Crippen LogP contribution >= 0.6 is 34.4 Å². The zero-order valence-electron chi connectivity index (χ0n) is 19.2. The van der Waals surface area contributed by atoms with Gasteiger partial charge in [0, 0.05) is 0 Å². The van der Waals surface area contributed by atoms with Gasteiger partial charge in [-0.2, -0.15) is 0 Å². The third-order valence-corrected chi connectivity index (χ3v) is 6.30. The second kappa shape index (κ2) is 12.3. The third kappa shape index (κ3) is 6.99. The maximum atomic E-state index is 12.8. The summed E-state index contributed by atoms with van der Waals surface area (Å²) in [5.41, 5.74) is 1.72. The second-order valence-corrected chi connectivity index (χ2v) is 10.0. The van der Waals surface area contributed by atoms with Gasteiger partial charge in [-0.3, -0.25) is 19.3 Å². The number of carbonyl (C=O) groups excluding carboxylic acids is 3. The minimum absolute atomic E-state index is 0.167. The van der Waals surface area contributed by atoms with Gasteiger partial charge < -0.3 is 14.2 Å². The molecular weight excluding hydrogens is 569 g/mol. The number of amides is 2. The number of thioether (sulfide) groups is 1. The van der Waals surface area contributed by atoms with Crippen LogP contribution < -0.4 is 9.47 Å². The summed E-state index contributed by atoms with van der Waals surface area (Å²) in [7, 11) is 0. The van der Waals surface area contributed by atoms with Gasteiger partial charge in [0.15, 0.2) is 11.5 Å². The van der Waals surface area contributed by atoms with Crippen molar-refractivity contribution in [3.8, 4) is 11.5 Å². The van der Waals surface area contributed by atoms with E-state index < -0.39 is 23.7 Å². The second-order valence-electron chi connectivity index (χ2n) is 7.88. The van der Waals surface area contributed by atoms with E-state index in [9.17, 15) is 14.4 Å². The molecule has 1 heterocycles. The summed E-state index contributed by atoms with van der Waals surface area (Å²) >= 11 is 2.96. The molecule has 0 N–H and O–H groups in total. The number of nitrogens with zero attached hydrogens (tertiary/aromatic N) is 1. The van der Waals surface area contributed by atoms with Crippen LogP contribution in [-0.2, 0) is 20.9 Å². The Hall–Kier alpha value is -2.53. The molecule has 1 aliphatic heterocycles. The molecule has 9 heteroatoms. The van der Waals surface area contributed by atoms with Gasteiger partial charge in [-0.05, 0) is 76.5 Å². The Morgan fingerprint density at radius 1 is 1.15 bits per heavy atom. The van der Waals surface area contributed by atoms with Gasteiger partial charge >= 0.3 is 5.97 Å². The van der Waals surface area contributed by atoms with E-state index >= 15 is 0 Å². The summed E-state index contributed by atoms with van der Waals surface area (Å²) in [6.07, 6.45) is 1.62. The van der Waals surface area contributed by atoms with Gasteiger partial charge in [-0.1, -0.05) is 44.2 Å². The van der Waals surface area contributed by atoms with Crippen molar-refractivity contribution in [1.82, 2.24) is 4.90 Å². The molecule has 0 bridgehead atoms. The molecule has 0 radical (unpaired) electrons. The Morgan fingerprint density at radius 2 is 1.88 bits per heavy atom. The number of halogens is 1. The van der Waals surface area contributed by atoms with Crippen LogP contribution in [-0.4, -0.2) is 41.8 Å². The number of rotatable bonds is 10. The molecule has 1 saturated heterocycles. The normalized spacial score (nSPS) is 14.7. The van der Waals surface area contributed by atoms with E-state index in [-0.39, 0.29) is 17.4 Å². The van der Waals surface area contributed by atoms with Crippen LogP contribution in [0.15, 0.2) is 47.4 Å². The van der Waals surface area contributed by atoms with Crippen molar-refractivity contribution in [3.05, 3.63) is 62.1 Å². The van der Waals surface area contributed by atoms with Crippen molar-refractivity contribution in [1.29, 1.82) is 0 Å². The highest BCUT2D eigenvalue weighted by Gasteiger charge is 2.36. The van der Waals surface area contributed by atoms with Crippen molar-refractivity contribution in [2.45, 2.75) is 27.4 Å². The highest BCUT2D eigenvalue weighted by Crippen LogP contribution is 2.37. The summed E-state index contributed by atoms with van der Waals surface area (Å²) in [6, 6.07) is 13.4. The van der Waals surface area contributed by atoms with Gasteiger partial charge in [0.25, 0.3) is 11.1 Å². The van der Waals surface area contributed by atoms with Crippen molar-refractivity contribution in [2.24, 2.45) is 5.92 Å². The molecule has 34 heavy (non-hydrogen) atoms. The first-order valence-corrected chi connectivity index (χ1v) is 12.7. The molecule has 0 atom stereocenters. The molecule has 3 rings (SSSR count). The zero-order chi connectivity index (χ0) is 24.7. The maximum Gasteiger partial charge on any atom is 0.326 e. The van der Waals surface area contributed by atoms with Gasteiger partial charge in [-0.25, -0.2) is 0 Å². The van der Waals surface area contributed by atoms with Gasteiger partial charge in [0.05, 0.1) is 21.7 Å². The average Bonchev–Trinajstić information content (AvgIpc) is 3.05. The molecule has 1 aliphatic rings. The van der Waals surface area contributed by atoms with Crippen LogP contribution in [0.1, 0.15) is 31.9 Å². The lowest BCUT2D eigenvalue weighted by molar-refractivity contribution is -0.147. The fraction of sp³-hybridized carbons (Fsp3) is 0.320. The molecule has 0 aromatic heterocycles. The number of hydrogen-bond acceptors (Lipinski definition) is 7. The Balaban J connectivity index is 1.77. The molecule has 0 unspecified atom stereocenters. The maximum absolute atomic E-state index is 12.8. The van der Waals surface area contributed by atoms with Crippen molar-refractivity contribution >= 4 is 57.5 Å². The van der Waals surface area contributed by atoms with E-state index in [2.05, 4.69) is 22.6 Å².